The molecule has 0 saturated carbocycles. The molecule has 12 heavy (non-hydrogen) atoms. The van der Waals surface area contributed by atoms with Crippen molar-refractivity contribution in [1.29, 1.82) is 0 Å². The van der Waals surface area contributed by atoms with Crippen LogP contribution >= 0.6 is 0 Å². The molecule has 0 aliphatic rings. The molecule has 0 fully saturated rings. The van der Waals surface area contributed by atoms with Gasteiger partial charge in [0.2, 0.25) is 0 Å². The number of aromatic nitrogens is 2. The molecular formula is C5H6N3NaO3. The number of nitrogens with zero attached hydrogens (tertiary/aromatic N) is 3. The molecule has 0 N–H and O–H groups in total. The zero-order valence-electron chi connectivity index (χ0n) is 7.07. The van der Waals surface area contributed by atoms with Gasteiger partial charge >= 0.3 is 35.6 Å². The molecule has 60 valence electrons. The maximum atomic E-state index is 10.1. The van der Waals surface area contributed by atoms with Gasteiger partial charge in [0, 0.05) is 14.1 Å². The van der Waals surface area contributed by atoms with Crippen LogP contribution in [0.2, 0.25) is 0 Å². The van der Waals surface area contributed by atoms with Gasteiger partial charge in [-0.15, -0.1) is 5.10 Å². The molecule has 0 aromatic carbocycles. The largest absolute Gasteiger partial charge is 1.00 e. The molecule has 0 unspecified atom stereocenters. The summed E-state index contributed by atoms with van der Waals surface area (Å²) in [5, 5.41) is 16.8. The van der Waals surface area contributed by atoms with E-state index in [9.17, 15) is 9.90 Å². The van der Waals surface area contributed by atoms with E-state index in [1.165, 1.54) is 4.90 Å². The van der Waals surface area contributed by atoms with Gasteiger partial charge in [-0.3, -0.25) is 0 Å². The number of carbonyl (C=O) groups excluding carboxylic acids is 1. The zero-order chi connectivity index (χ0) is 8.43. The van der Waals surface area contributed by atoms with E-state index in [0.29, 0.717) is 0 Å². The Balaban J connectivity index is 0.00000121. The van der Waals surface area contributed by atoms with Crippen molar-refractivity contribution in [1.82, 2.24) is 10.2 Å². The molecule has 6 nitrogen and oxygen atoms in total. The Labute approximate surface area is 90.9 Å². The Hall–Kier alpha value is -0.590. The Bertz CT molecular complexity index is 273. The van der Waals surface area contributed by atoms with Crippen molar-refractivity contribution in [3.8, 4) is 0 Å². The summed E-state index contributed by atoms with van der Waals surface area (Å²) in [6.07, 6.45) is 0. The van der Waals surface area contributed by atoms with E-state index in [1.807, 2.05) is 0 Å². The van der Waals surface area contributed by atoms with E-state index in [1.54, 1.807) is 14.1 Å². The molecule has 0 amide bonds. The topological polar surface area (TPSA) is 82.3 Å². The second kappa shape index (κ2) is 4.44. The smallest absolute Gasteiger partial charge is 0.540 e. The first-order valence-electron chi connectivity index (χ1n) is 2.83. The quantitative estimate of drug-likeness (QED) is 0.425. The summed E-state index contributed by atoms with van der Waals surface area (Å²) < 4.78 is 4.65. The van der Waals surface area contributed by atoms with Gasteiger partial charge in [-0.2, -0.15) is 0 Å². The average Bonchev–Trinajstić information content (AvgIpc) is 2.33. The predicted octanol–water partition coefficient (Wildman–Crippen LogP) is -4.50. The number of carboxylic acid groups (broad SMARTS) is 1. The van der Waals surface area contributed by atoms with Crippen LogP contribution in [0, 0.1) is 0 Å². The average molecular weight is 179 g/mol. The predicted molar refractivity (Wildman–Crippen MR) is 33.0 cm³/mol. The van der Waals surface area contributed by atoms with E-state index in [-0.39, 0.29) is 35.6 Å². The number of carbonyl (C=O) groups is 1. The normalized spacial score (nSPS) is 8.83. The molecule has 0 bridgehead atoms. The molecule has 1 aromatic heterocycles. The molecule has 1 rings (SSSR count). The first-order chi connectivity index (χ1) is 5.11. The van der Waals surface area contributed by atoms with E-state index in [2.05, 4.69) is 14.6 Å². The summed E-state index contributed by atoms with van der Waals surface area (Å²) in [4.78, 5) is 11.6. The Morgan fingerprint density at radius 3 is 2.33 bits per heavy atom. The second-order valence-electron chi connectivity index (χ2n) is 2.07. The minimum atomic E-state index is -1.47. The van der Waals surface area contributed by atoms with Gasteiger partial charge in [-0.25, -0.2) is 0 Å². The fourth-order valence-corrected chi connectivity index (χ4v) is 0.479. The Morgan fingerprint density at radius 1 is 1.50 bits per heavy atom. The third kappa shape index (κ3) is 2.47. The maximum absolute atomic E-state index is 10.1. The van der Waals surface area contributed by atoms with Crippen LogP contribution in [-0.2, 0) is 0 Å². The SMILES string of the molecule is CN(C)c1nnc(C(=O)[O-])o1.[Na+]. The van der Waals surface area contributed by atoms with E-state index in [4.69, 9.17) is 0 Å². The van der Waals surface area contributed by atoms with Crippen molar-refractivity contribution in [3.05, 3.63) is 5.89 Å². The summed E-state index contributed by atoms with van der Waals surface area (Å²) >= 11 is 0. The number of hydrogen-bond donors (Lipinski definition) is 0. The minimum absolute atomic E-state index is 0. The molecule has 0 atom stereocenters. The van der Waals surface area contributed by atoms with Gasteiger partial charge < -0.3 is 19.2 Å². The number of anilines is 1. The van der Waals surface area contributed by atoms with Gasteiger partial charge in [-0.05, 0) is 0 Å². The number of rotatable bonds is 2. The Kier molecular flexibility index (Phi) is 4.22. The van der Waals surface area contributed by atoms with Crippen molar-refractivity contribution in [2.24, 2.45) is 0 Å². The Morgan fingerprint density at radius 2 is 2.08 bits per heavy atom. The van der Waals surface area contributed by atoms with Crippen LogP contribution < -0.4 is 39.6 Å². The number of aromatic carboxylic acids is 1. The van der Waals surface area contributed by atoms with Crippen LogP contribution in [0.4, 0.5) is 6.01 Å². The van der Waals surface area contributed by atoms with Crippen molar-refractivity contribution in [2.45, 2.75) is 0 Å². The van der Waals surface area contributed by atoms with E-state index in [0.717, 1.165) is 0 Å². The monoisotopic (exact) mass is 179 g/mol. The van der Waals surface area contributed by atoms with Crippen LogP contribution in [0.15, 0.2) is 4.42 Å². The second-order valence-corrected chi connectivity index (χ2v) is 2.07. The van der Waals surface area contributed by atoms with Crippen molar-refractivity contribution in [3.63, 3.8) is 0 Å². The van der Waals surface area contributed by atoms with Crippen molar-refractivity contribution in [2.75, 3.05) is 19.0 Å². The summed E-state index contributed by atoms with van der Waals surface area (Å²) in [6, 6.07) is 0.143. The first-order valence-corrected chi connectivity index (χ1v) is 2.83. The third-order valence-electron chi connectivity index (χ3n) is 0.972. The molecule has 7 heteroatoms. The third-order valence-corrected chi connectivity index (χ3v) is 0.972. The molecule has 0 saturated heterocycles. The summed E-state index contributed by atoms with van der Waals surface area (Å²) in [5.41, 5.74) is 0. The zero-order valence-corrected chi connectivity index (χ0v) is 9.07. The molecule has 0 spiro atoms. The standard InChI is InChI=1S/C5H7N3O3.Na/c1-8(2)5-7-6-3(11-5)4(9)10;/h1-2H3,(H,9,10);/q;+1/p-1. The van der Waals surface area contributed by atoms with Crippen LogP contribution in [-0.4, -0.2) is 30.3 Å². The molecular weight excluding hydrogens is 173 g/mol. The summed E-state index contributed by atoms with van der Waals surface area (Å²) in [6.45, 7) is 0. The first kappa shape index (κ1) is 11.4. The maximum Gasteiger partial charge on any atom is 1.00 e. The van der Waals surface area contributed by atoms with Gasteiger partial charge in [0.25, 0.3) is 5.89 Å². The van der Waals surface area contributed by atoms with Crippen molar-refractivity contribution >= 4 is 12.0 Å². The fourth-order valence-electron chi connectivity index (χ4n) is 0.479. The van der Waals surface area contributed by atoms with Crippen LogP contribution in [0.1, 0.15) is 10.7 Å². The molecule has 0 aliphatic carbocycles. The number of hydrogen-bond acceptors (Lipinski definition) is 6. The summed E-state index contributed by atoms with van der Waals surface area (Å²) in [5.74, 6) is -1.97. The van der Waals surface area contributed by atoms with Gasteiger partial charge in [0.05, 0.1) is 0 Å². The van der Waals surface area contributed by atoms with Gasteiger partial charge in [0.15, 0.2) is 0 Å². The van der Waals surface area contributed by atoms with Crippen LogP contribution in [0.3, 0.4) is 0 Å². The van der Waals surface area contributed by atoms with Gasteiger partial charge in [-0.1, -0.05) is 5.10 Å². The van der Waals surface area contributed by atoms with Crippen molar-refractivity contribution < 1.29 is 43.9 Å². The minimum Gasteiger partial charge on any atom is -0.540 e. The molecule has 0 radical (unpaired) electrons. The van der Waals surface area contributed by atoms with Gasteiger partial charge in [0.1, 0.15) is 5.97 Å². The van der Waals surface area contributed by atoms with E-state index >= 15 is 0 Å². The fraction of sp³-hybridized carbons (Fsp3) is 0.400. The molecule has 1 aromatic rings. The van der Waals surface area contributed by atoms with Crippen LogP contribution in [0.25, 0.3) is 0 Å². The molecule has 0 aliphatic heterocycles. The van der Waals surface area contributed by atoms with Crippen LogP contribution in [0.5, 0.6) is 0 Å². The van der Waals surface area contributed by atoms with E-state index < -0.39 is 11.9 Å². The number of carboxylic acids is 1. The molecule has 1 heterocycles. The summed E-state index contributed by atoms with van der Waals surface area (Å²) in [7, 11) is 3.32.